The highest BCUT2D eigenvalue weighted by Gasteiger charge is 2.31. The maximum Gasteiger partial charge on any atom is 0.416 e. The van der Waals surface area contributed by atoms with Gasteiger partial charge in [0.2, 0.25) is 0 Å². The predicted molar refractivity (Wildman–Crippen MR) is 104 cm³/mol. The fraction of sp³-hybridized carbons (Fsp3) is 0.100. The lowest BCUT2D eigenvalue weighted by molar-refractivity contribution is -0.137. The van der Waals surface area contributed by atoms with E-state index in [-0.39, 0.29) is 28.4 Å². The van der Waals surface area contributed by atoms with Crippen LogP contribution in [0, 0.1) is 0 Å². The molecule has 0 spiro atoms. The predicted octanol–water partition coefficient (Wildman–Crippen LogP) is 3.24. The first-order valence-corrected chi connectivity index (χ1v) is 10.3. The molecule has 2 heterocycles. The molecule has 0 atom stereocenters. The summed E-state index contributed by atoms with van der Waals surface area (Å²) in [5, 5.41) is 5.04. The number of halogens is 3. The molecule has 1 aliphatic rings. The number of nitrogens with zero attached hydrogens (tertiary/aromatic N) is 1. The Hall–Kier alpha value is -3.60. The van der Waals surface area contributed by atoms with Crippen LogP contribution < -0.4 is 10.6 Å². The van der Waals surface area contributed by atoms with Crippen molar-refractivity contribution in [2.45, 2.75) is 17.6 Å². The molecule has 2 amide bonds. The molecular weight excluding hydrogens is 435 g/mol. The van der Waals surface area contributed by atoms with Gasteiger partial charge in [-0.15, -0.1) is 0 Å². The fourth-order valence-electron chi connectivity index (χ4n) is 3.13. The van der Waals surface area contributed by atoms with Gasteiger partial charge in [0.15, 0.2) is 0 Å². The summed E-state index contributed by atoms with van der Waals surface area (Å²) in [4.78, 5) is 24.6. The molecule has 0 fully saturated rings. The van der Waals surface area contributed by atoms with Crippen LogP contribution in [0.15, 0.2) is 65.7 Å². The summed E-state index contributed by atoms with van der Waals surface area (Å²) in [6, 6.07) is 10.9. The van der Waals surface area contributed by atoms with E-state index < -0.39 is 33.6 Å². The second kappa shape index (κ2) is 7.27. The highest BCUT2D eigenvalue weighted by molar-refractivity contribution is 7.90. The summed E-state index contributed by atoms with van der Waals surface area (Å²) >= 11 is 0. The zero-order chi connectivity index (χ0) is 22.4. The molecule has 0 radical (unpaired) electrons. The lowest BCUT2D eigenvalue weighted by Crippen LogP contribution is -2.23. The van der Waals surface area contributed by atoms with Gasteiger partial charge in [-0.1, -0.05) is 12.1 Å². The third kappa shape index (κ3) is 3.79. The topological polar surface area (TPSA) is 97.3 Å². The number of carbonyl (C=O) groups excluding carboxylic acids is 2. The van der Waals surface area contributed by atoms with Gasteiger partial charge in [0.05, 0.1) is 11.3 Å². The Kier molecular flexibility index (Phi) is 4.85. The van der Waals surface area contributed by atoms with Crippen LogP contribution in [0.5, 0.6) is 0 Å². The van der Waals surface area contributed by atoms with Crippen molar-refractivity contribution < 1.29 is 31.2 Å². The number of benzene rings is 2. The zero-order valence-electron chi connectivity index (χ0n) is 15.6. The summed E-state index contributed by atoms with van der Waals surface area (Å²) < 4.78 is 64.3. The largest absolute Gasteiger partial charge is 0.416 e. The van der Waals surface area contributed by atoms with Crippen LogP contribution in [0.2, 0.25) is 0 Å². The van der Waals surface area contributed by atoms with Gasteiger partial charge in [0.1, 0.15) is 10.6 Å². The zero-order valence-corrected chi connectivity index (χ0v) is 16.4. The fourth-order valence-corrected chi connectivity index (χ4v) is 4.61. The molecule has 0 bridgehead atoms. The normalized spacial score (nSPS) is 14.7. The van der Waals surface area contributed by atoms with Crippen LogP contribution in [0.4, 0.5) is 18.9 Å². The summed E-state index contributed by atoms with van der Waals surface area (Å²) in [5.74, 6) is -1.23. The van der Waals surface area contributed by atoms with E-state index in [1.165, 1.54) is 48.7 Å². The van der Waals surface area contributed by atoms with Crippen molar-refractivity contribution in [2.24, 2.45) is 0 Å². The lowest BCUT2D eigenvalue weighted by atomic mass is 10.1. The number of anilines is 1. The molecule has 1 aliphatic heterocycles. The number of rotatable bonds is 3. The molecule has 31 heavy (non-hydrogen) atoms. The molecule has 1 aromatic heterocycles. The molecule has 11 heteroatoms. The van der Waals surface area contributed by atoms with E-state index in [9.17, 15) is 31.2 Å². The van der Waals surface area contributed by atoms with Crippen LogP contribution in [0.3, 0.4) is 0 Å². The Bertz CT molecular complexity index is 1300. The quantitative estimate of drug-likeness (QED) is 0.642. The van der Waals surface area contributed by atoms with Gasteiger partial charge in [-0.05, 0) is 48.0 Å². The van der Waals surface area contributed by atoms with E-state index in [0.29, 0.717) is 5.56 Å². The van der Waals surface area contributed by atoms with Crippen molar-refractivity contribution in [3.63, 3.8) is 0 Å². The highest BCUT2D eigenvalue weighted by atomic mass is 32.2. The average molecular weight is 449 g/mol. The number of fused-ring (bicyclic) bond motifs is 2. The van der Waals surface area contributed by atoms with Crippen molar-refractivity contribution in [3.05, 3.63) is 83.2 Å². The maximum absolute atomic E-state index is 12.8. The van der Waals surface area contributed by atoms with Crippen LogP contribution >= 0.6 is 0 Å². The first-order chi connectivity index (χ1) is 14.6. The molecule has 160 valence electrons. The van der Waals surface area contributed by atoms with Crippen LogP contribution in [-0.4, -0.2) is 24.2 Å². The maximum atomic E-state index is 12.8. The van der Waals surface area contributed by atoms with Crippen LogP contribution in [0.1, 0.15) is 32.0 Å². The number of aromatic nitrogens is 1. The number of hydrogen-bond acceptors (Lipinski definition) is 4. The number of amides is 2. The van der Waals surface area contributed by atoms with Crippen LogP contribution in [-0.2, 0) is 22.7 Å². The van der Waals surface area contributed by atoms with Gasteiger partial charge < -0.3 is 10.6 Å². The Morgan fingerprint density at radius 1 is 1.06 bits per heavy atom. The van der Waals surface area contributed by atoms with Crippen molar-refractivity contribution in [1.82, 2.24) is 9.29 Å². The van der Waals surface area contributed by atoms with Gasteiger partial charge in [-0.25, -0.2) is 12.4 Å². The average Bonchev–Trinajstić information content (AvgIpc) is 3.20. The highest BCUT2D eigenvalue weighted by Crippen LogP contribution is 2.30. The summed E-state index contributed by atoms with van der Waals surface area (Å²) in [7, 11) is -4.03. The minimum Gasteiger partial charge on any atom is -0.348 e. The Morgan fingerprint density at radius 3 is 2.45 bits per heavy atom. The van der Waals surface area contributed by atoms with E-state index in [2.05, 4.69) is 10.6 Å². The smallest absolute Gasteiger partial charge is 0.348 e. The molecule has 2 N–H and O–H groups in total. The number of alkyl halides is 3. The monoisotopic (exact) mass is 449 g/mol. The van der Waals surface area contributed by atoms with Gasteiger partial charge in [0, 0.05) is 18.3 Å². The number of nitrogens with one attached hydrogen (secondary N) is 2. The van der Waals surface area contributed by atoms with Gasteiger partial charge in [0.25, 0.3) is 21.8 Å². The Labute approximate surface area is 174 Å². The van der Waals surface area contributed by atoms with Crippen molar-refractivity contribution >= 4 is 27.5 Å². The molecule has 3 aromatic rings. The first-order valence-electron chi connectivity index (χ1n) is 8.90. The molecule has 0 aliphatic carbocycles. The van der Waals surface area contributed by atoms with E-state index in [1.54, 1.807) is 0 Å². The van der Waals surface area contributed by atoms with Crippen molar-refractivity contribution in [1.29, 1.82) is 0 Å². The minimum absolute atomic E-state index is 0.0375. The molecule has 4 rings (SSSR count). The lowest BCUT2D eigenvalue weighted by Gasteiger charge is -2.11. The summed E-state index contributed by atoms with van der Waals surface area (Å²) in [5.41, 5.74) is -0.379. The van der Waals surface area contributed by atoms with E-state index in [1.807, 2.05) is 0 Å². The second-order valence-electron chi connectivity index (χ2n) is 6.74. The molecular formula is C20H14F3N3O4S. The Morgan fingerprint density at radius 2 is 1.77 bits per heavy atom. The summed E-state index contributed by atoms with van der Waals surface area (Å²) in [6.07, 6.45) is -3.20. The standard InChI is InChI=1S/C20H14F3N3O4S/c21-20(22,23)14-6-3-12(4-7-14)11-24-18(27)13-5-8-17-15(10-13)25-19(28)16-2-1-9-26(16)31(17,29)30/h1-10H,11H2,(H,24,27)(H,25,28). The first kappa shape index (κ1) is 20.7. The second-order valence-corrected chi connectivity index (χ2v) is 8.52. The van der Waals surface area contributed by atoms with Crippen LogP contribution in [0.25, 0.3) is 0 Å². The van der Waals surface area contributed by atoms with E-state index in [4.69, 9.17) is 0 Å². The summed E-state index contributed by atoms with van der Waals surface area (Å²) in [6.45, 7) is -0.0375. The number of hydrogen-bond donors (Lipinski definition) is 2. The van der Waals surface area contributed by atoms with Gasteiger partial charge in [-0.3, -0.25) is 9.59 Å². The third-order valence-corrected chi connectivity index (χ3v) is 6.45. The minimum atomic E-state index is -4.45. The molecule has 0 unspecified atom stereocenters. The third-order valence-electron chi connectivity index (χ3n) is 4.71. The van der Waals surface area contributed by atoms with E-state index in [0.717, 1.165) is 16.1 Å². The molecule has 7 nitrogen and oxygen atoms in total. The van der Waals surface area contributed by atoms with Crippen molar-refractivity contribution in [2.75, 3.05) is 5.32 Å². The van der Waals surface area contributed by atoms with E-state index >= 15 is 0 Å². The van der Waals surface area contributed by atoms with Gasteiger partial charge in [-0.2, -0.15) is 13.2 Å². The number of carbonyl (C=O) groups is 2. The molecule has 0 saturated carbocycles. The molecule has 0 saturated heterocycles. The SMILES string of the molecule is O=C(NCc1ccc(C(F)(F)F)cc1)c1ccc2c(c1)NC(=O)c1cccn1S2(=O)=O. The molecule has 2 aromatic carbocycles. The Balaban J connectivity index is 1.55. The van der Waals surface area contributed by atoms with Crippen molar-refractivity contribution in [3.8, 4) is 0 Å². The van der Waals surface area contributed by atoms with Gasteiger partial charge >= 0.3 is 6.18 Å².